The van der Waals surface area contributed by atoms with E-state index >= 15 is 0 Å². The number of esters is 1. The van der Waals surface area contributed by atoms with Crippen LogP contribution < -0.4 is 23.7 Å². The number of ether oxygens (including phenoxy) is 6. The van der Waals surface area contributed by atoms with Crippen molar-refractivity contribution in [2.45, 2.75) is 12.0 Å². The molecule has 0 radical (unpaired) electrons. The van der Waals surface area contributed by atoms with Crippen LogP contribution in [0.1, 0.15) is 28.7 Å². The maximum absolute atomic E-state index is 12.9. The highest BCUT2D eigenvalue weighted by atomic mass is 16.7. The van der Waals surface area contributed by atoms with Crippen LogP contribution >= 0.6 is 0 Å². The lowest BCUT2D eigenvalue weighted by Gasteiger charge is -2.39. The number of carbonyl (C=O) groups excluding carboxylic acids is 2. The standard InChI is InChI=1S/C23H24O9/c1-27-17-5-11(6-18(28-2)22(17)29-3)19-12-7-15-16(32-10-31-15)8-13(12)21(25)14(9-24)20(19)23(26)30-4/h5-9,14,19-21,25H,10H2,1-4H3/t14-,19+,20-,21+/m0/s1. The Kier molecular flexibility index (Phi) is 5.84. The van der Waals surface area contributed by atoms with E-state index in [9.17, 15) is 14.7 Å². The first kappa shape index (κ1) is 21.8. The van der Waals surface area contributed by atoms with Gasteiger partial charge in [-0.05, 0) is 41.0 Å². The van der Waals surface area contributed by atoms with Crippen LogP contribution in [0.25, 0.3) is 0 Å². The van der Waals surface area contributed by atoms with Gasteiger partial charge in [0.1, 0.15) is 6.29 Å². The highest BCUT2D eigenvalue weighted by molar-refractivity contribution is 5.81. The second-order valence-corrected chi connectivity index (χ2v) is 7.48. The number of carbonyl (C=O) groups is 2. The zero-order valence-electron chi connectivity index (χ0n) is 18.1. The lowest BCUT2D eigenvalue weighted by atomic mass is 9.65. The average molecular weight is 444 g/mol. The number of methoxy groups -OCH3 is 4. The molecule has 170 valence electrons. The smallest absolute Gasteiger partial charge is 0.310 e. The molecule has 0 bridgehead atoms. The summed E-state index contributed by atoms with van der Waals surface area (Å²) >= 11 is 0. The number of hydrogen-bond donors (Lipinski definition) is 1. The third-order valence-electron chi connectivity index (χ3n) is 6.05. The van der Waals surface area contributed by atoms with Gasteiger partial charge in [0.25, 0.3) is 0 Å². The van der Waals surface area contributed by atoms with E-state index in [0.29, 0.717) is 51.7 Å². The lowest BCUT2D eigenvalue weighted by Crippen LogP contribution is -2.40. The molecule has 1 N–H and O–H groups in total. The Morgan fingerprint density at radius 1 is 0.969 bits per heavy atom. The fourth-order valence-electron chi connectivity index (χ4n) is 4.57. The van der Waals surface area contributed by atoms with Crippen molar-refractivity contribution in [3.8, 4) is 28.7 Å². The lowest BCUT2D eigenvalue weighted by molar-refractivity contribution is -0.152. The van der Waals surface area contributed by atoms with E-state index in [4.69, 9.17) is 28.4 Å². The summed E-state index contributed by atoms with van der Waals surface area (Å²) in [5.41, 5.74) is 1.71. The Morgan fingerprint density at radius 3 is 2.06 bits per heavy atom. The molecule has 0 spiro atoms. The summed E-state index contributed by atoms with van der Waals surface area (Å²) in [6, 6.07) is 6.81. The summed E-state index contributed by atoms with van der Waals surface area (Å²) in [6.07, 6.45) is -0.635. The van der Waals surface area contributed by atoms with E-state index < -0.39 is 29.8 Å². The molecule has 2 aromatic rings. The molecule has 0 unspecified atom stereocenters. The summed E-state index contributed by atoms with van der Waals surface area (Å²) in [5, 5.41) is 11.0. The molecular formula is C23H24O9. The van der Waals surface area contributed by atoms with E-state index in [1.54, 1.807) is 24.3 Å². The molecule has 0 saturated carbocycles. The van der Waals surface area contributed by atoms with Gasteiger partial charge in [0.15, 0.2) is 23.0 Å². The normalized spacial score (nSPS) is 23.2. The first-order valence-electron chi connectivity index (χ1n) is 9.93. The van der Waals surface area contributed by atoms with Crippen LogP contribution in [0.5, 0.6) is 28.7 Å². The van der Waals surface area contributed by atoms with E-state index in [1.165, 1.54) is 28.4 Å². The molecule has 4 rings (SSSR count). The fourth-order valence-corrected chi connectivity index (χ4v) is 4.57. The minimum atomic E-state index is -1.22. The molecule has 1 heterocycles. The quantitative estimate of drug-likeness (QED) is 0.530. The summed E-state index contributed by atoms with van der Waals surface area (Å²) in [7, 11) is 5.72. The van der Waals surface area contributed by atoms with Crippen LogP contribution in [0.4, 0.5) is 0 Å². The number of rotatable bonds is 6. The maximum atomic E-state index is 12.9. The minimum Gasteiger partial charge on any atom is -0.493 e. The largest absolute Gasteiger partial charge is 0.493 e. The highest BCUT2D eigenvalue weighted by Gasteiger charge is 2.48. The molecule has 0 amide bonds. The van der Waals surface area contributed by atoms with Crippen LogP contribution in [0, 0.1) is 11.8 Å². The van der Waals surface area contributed by atoms with Gasteiger partial charge in [0, 0.05) is 5.92 Å². The molecule has 9 nitrogen and oxygen atoms in total. The Hall–Kier alpha value is -3.46. The van der Waals surface area contributed by atoms with Gasteiger partial charge in [-0.2, -0.15) is 0 Å². The van der Waals surface area contributed by atoms with Gasteiger partial charge in [-0.15, -0.1) is 0 Å². The fraction of sp³-hybridized carbons (Fsp3) is 0.391. The van der Waals surface area contributed by atoms with E-state index in [1.807, 2.05) is 0 Å². The molecule has 0 aromatic heterocycles. The molecule has 2 aliphatic rings. The van der Waals surface area contributed by atoms with Crippen LogP contribution in [0.3, 0.4) is 0 Å². The first-order valence-corrected chi connectivity index (χ1v) is 9.93. The van der Waals surface area contributed by atoms with Crippen molar-refractivity contribution in [2.24, 2.45) is 11.8 Å². The number of aliphatic hydroxyl groups is 1. The molecular weight excluding hydrogens is 420 g/mol. The van der Waals surface area contributed by atoms with Crippen molar-refractivity contribution in [1.82, 2.24) is 0 Å². The molecule has 0 fully saturated rings. The monoisotopic (exact) mass is 444 g/mol. The van der Waals surface area contributed by atoms with Crippen molar-refractivity contribution in [1.29, 1.82) is 0 Å². The van der Waals surface area contributed by atoms with Crippen molar-refractivity contribution in [3.05, 3.63) is 41.0 Å². The zero-order chi connectivity index (χ0) is 23.0. The summed E-state index contributed by atoms with van der Waals surface area (Å²) in [5.74, 6) is -1.20. The number of aldehydes is 1. The molecule has 2 aromatic carbocycles. The second-order valence-electron chi connectivity index (χ2n) is 7.48. The molecule has 0 saturated heterocycles. The van der Waals surface area contributed by atoms with Crippen molar-refractivity contribution in [3.63, 3.8) is 0 Å². The number of hydrogen-bond acceptors (Lipinski definition) is 9. The van der Waals surface area contributed by atoms with E-state index in [0.717, 1.165) is 0 Å². The molecule has 32 heavy (non-hydrogen) atoms. The van der Waals surface area contributed by atoms with Crippen LogP contribution in [-0.2, 0) is 14.3 Å². The number of aliphatic hydroxyl groups excluding tert-OH is 1. The van der Waals surface area contributed by atoms with Gasteiger partial charge in [0.05, 0.1) is 46.4 Å². The van der Waals surface area contributed by atoms with Gasteiger partial charge in [-0.1, -0.05) is 0 Å². The summed E-state index contributed by atoms with van der Waals surface area (Å²) in [6.45, 7) is 0.0424. The Labute approximate surface area is 184 Å². The summed E-state index contributed by atoms with van der Waals surface area (Å²) in [4.78, 5) is 25.0. The predicted octanol–water partition coefficient (Wildman–Crippen LogP) is 2.22. The first-order chi connectivity index (χ1) is 15.5. The van der Waals surface area contributed by atoms with Crippen molar-refractivity contribution >= 4 is 12.3 Å². The molecule has 9 heteroatoms. The SMILES string of the molecule is COC(=O)[C@@H]1[C@H](c2cc(OC)c(OC)c(OC)c2)c2cc3c(cc2[C@@H](O)[C@H]1C=O)OCO3. The number of fused-ring (bicyclic) bond motifs is 2. The third-order valence-corrected chi connectivity index (χ3v) is 6.05. The van der Waals surface area contributed by atoms with Crippen LogP contribution in [-0.4, -0.2) is 52.6 Å². The molecule has 1 aliphatic carbocycles. The van der Waals surface area contributed by atoms with Gasteiger partial charge in [0.2, 0.25) is 12.5 Å². The van der Waals surface area contributed by atoms with Crippen molar-refractivity contribution in [2.75, 3.05) is 35.2 Å². The molecule has 4 atom stereocenters. The van der Waals surface area contributed by atoms with E-state index in [-0.39, 0.29) is 6.79 Å². The Morgan fingerprint density at radius 2 is 1.56 bits per heavy atom. The zero-order valence-corrected chi connectivity index (χ0v) is 18.1. The van der Waals surface area contributed by atoms with Gasteiger partial charge in [-0.3, -0.25) is 4.79 Å². The maximum Gasteiger partial charge on any atom is 0.310 e. The van der Waals surface area contributed by atoms with E-state index in [2.05, 4.69) is 0 Å². The van der Waals surface area contributed by atoms with Gasteiger partial charge >= 0.3 is 5.97 Å². The number of benzene rings is 2. The highest BCUT2D eigenvalue weighted by Crippen LogP contribution is 2.53. The second kappa shape index (κ2) is 8.58. The summed E-state index contributed by atoms with van der Waals surface area (Å²) < 4.78 is 32.4. The average Bonchev–Trinajstić information content (AvgIpc) is 3.28. The van der Waals surface area contributed by atoms with Crippen molar-refractivity contribution < 1.29 is 43.1 Å². The topological polar surface area (TPSA) is 110 Å². The van der Waals surface area contributed by atoms with Crippen LogP contribution in [0.2, 0.25) is 0 Å². The predicted molar refractivity (Wildman–Crippen MR) is 111 cm³/mol. The minimum absolute atomic E-state index is 0.0424. The third kappa shape index (κ3) is 3.29. The van der Waals surface area contributed by atoms with Gasteiger partial charge in [-0.25, -0.2) is 0 Å². The van der Waals surface area contributed by atoms with Crippen LogP contribution in [0.15, 0.2) is 24.3 Å². The van der Waals surface area contributed by atoms with Gasteiger partial charge < -0.3 is 38.3 Å². The Bertz CT molecular complexity index is 1020. The molecule has 1 aliphatic heterocycles. The Balaban J connectivity index is 2.00.